The molecule has 3 heterocycles. The van der Waals surface area contributed by atoms with E-state index in [0.717, 1.165) is 61.8 Å². The van der Waals surface area contributed by atoms with Crippen LogP contribution >= 0.6 is 0 Å². The van der Waals surface area contributed by atoms with Crippen molar-refractivity contribution >= 4 is 0 Å². The van der Waals surface area contributed by atoms with E-state index in [1.165, 1.54) is 0 Å². The number of imidazole rings is 1. The first-order valence-electron chi connectivity index (χ1n) is 12.6. The average Bonchev–Trinajstić information content (AvgIpc) is 3.53. The maximum Gasteiger partial charge on any atom is 0.328 e. The molecule has 0 amide bonds. The Morgan fingerprint density at radius 1 is 1.20 bits per heavy atom. The lowest BCUT2D eigenvalue weighted by Crippen LogP contribution is -2.39. The molecule has 1 aliphatic heterocycles. The lowest BCUT2D eigenvalue weighted by atomic mass is 9.78. The predicted molar refractivity (Wildman–Crippen MR) is 134 cm³/mol. The molecule has 3 aromatic rings. The van der Waals surface area contributed by atoms with Crippen LogP contribution in [-0.2, 0) is 18.4 Å². The summed E-state index contributed by atoms with van der Waals surface area (Å²) in [6.07, 6.45) is 16.1. The molecule has 1 saturated carbocycles. The number of unbranched alkanes of at least 4 members (excludes halogenated alkanes) is 1. The van der Waals surface area contributed by atoms with Gasteiger partial charge in [-0.15, -0.1) is 5.10 Å². The number of tetrazole rings is 1. The third kappa shape index (κ3) is 4.60. The molecule has 0 bridgehead atoms. The van der Waals surface area contributed by atoms with E-state index >= 15 is 0 Å². The Bertz CT molecular complexity index is 1240. The number of nitrogens with one attached hydrogen (secondary N) is 2. The van der Waals surface area contributed by atoms with Gasteiger partial charge < -0.3 is 10.4 Å². The molecule has 184 valence electrons. The summed E-state index contributed by atoms with van der Waals surface area (Å²) in [6, 6.07) is 7.94. The van der Waals surface area contributed by atoms with Crippen molar-refractivity contribution in [3.8, 4) is 11.4 Å². The molecular formula is C26H33N7O2. The van der Waals surface area contributed by atoms with Crippen molar-refractivity contribution in [2.45, 2.75) is 76.0 Å². The number of hydrogen-bond acceptors (Lipinski definition) is 6. The van der Waals surface area contributed by atoms with Gasteiger partial charge in [-0.1, -0.05) is 56.5 Å². The maximum absolute atomic E-state index is 13.8. The number of dihydropyridines is 1. The molecule has 3 N–H and O–H groups in total. The molecule has 0 radical (unpaired) electrons. The highest BCUT2D eigenvalue weighted by Gasteiger charge is 2.33. The molecule has 35 heavy (non-hydrogen) atoms. The van der Waals surface area contributed by atoms with E-state index < -0.39 is 11.5 Å². The zero-order valence-corrected chi connectivity index (χ0v) is 20.1. The summed E-state index contributed by atoms with van der Waals surface area (Å²) in [5.74, 6) is 0.599. The fourth-order valence-electron chi connectivity index (χ4n) is 5.32. The van der Waals surface area contributed by atoms with Gasteiger partial charge >= 0.3 is 5.69 Å². The van der Waals surface area contributed by atoms with Crippen molar-refractivity contribution in [1.29, 1.82) is 0 Å². The zero-order valence-electron chi connectivity index (χ0n) is 20.1. The first-order valence-corrected chi connectivity index (χ1v) is 12.6. The monoisotopic (exact) mass is 475 g/mol. The number of nitrogens with zero attached hydrogens (tertiary/aromatic N) is 5. The molecule has 1 fully saturated rings. The molecule has 2 aromatic heterocycles. The largest absolute Gasteiger partial charge is 0.391 e. The fourth-order valence-corrected chi connectivity index (χ4v) is 5.32. The zero-order chi connectivity index (χ0) is 24.3. The Labute approximate surface area is 204 Å². The minimum Gasteiger partial charge on any atom is -0.391 e. The number of aromatic nitrogens is 6. The quantitative estimate of drug-likeness (QED) is 0.461. The topological polar surface area (TPSA) is 114 Å². The van der Waals surface area contributed by atoms with E-state index in [0.29, 0.717) is 12.4 Å². The number of aromatic amines is 1. The first kappa shape index (κ1) is 23.3. The highest BCUT2D eigenvalue weighted by atomic mass is 16.3. The fraction of sp³-hybridized carbons (Fsp3) is 0.462. The van der Waals surface area contributed by atoms with E-state index in [-0.39, 0.29) is 11.7 Å². The van der Waals surface area contributed by atoms with E-state index in [4.69, 9.17) is 0 Å². The molecule has 0 spiro atoms. The van der Waals surface area contributed by atoms with Crippen molar-refractivity contribution in [2.75, 3.05) is 0 Å². The van der Waals surface area contributed by atoms with Gasteiger partial charge in [0.15, 0.2) is 5.82 Å². The molecule has 1 aliphatic carbocycles. The molecule has 9 nitrogen and oxygen atoms in total. The second-order valence-corrected chi connectivity index (χ2v) is 9.62. The number of aliphatic hydroxyl groups excluding tert-OH is 1. The van der Waals surface area contributed by atoms with Crippen molar-refractivity contribution in [2.24, 2.45) is 0 Å². The molecule has 9 heteroatoms. The molecule has 0 saturated heterocycles. The van der Waals surface area contributed by atoms with Gasteiger partial charge in [-0.3, -0.25) is 9.13 Å². The van der Waals surface area contributed by atoms with Crippen molar-refractivity contribution in [3.63, 3.8) is 0 Å². The molecule has 2 aliphatic rings. The Hall–Kier alpha value is -3.46. The lowest BCUT2D eigenvalue weighted by Gasteiger charge is -2.31. The Balaban J connectivity index is 1.57. The smallest absolute Gasteiger partial charge is 0.328 e. The van der Waals surface area contributed by atoms with Gasteiger partial charge in [-0.2, -0.15) is 0 Å². The number of aryl methyl sites for hydroxylation is 1. The van der Waals surface area contributed by atoms with Crippen LogP contribution in [0, 0.1) is 0 Å². The first-order chi connectivity index (χ1) is 17.1. The van der Waals surface area contributed by atoms with E-state index in [9.17, 15) is 9.90 Å². The van der Waals surface area contributed by atoms with Gasteiger partial charge in [0, 0.05) is 24.0 Å². The second-order valence-electron chi connectivity index (χ2n) is 9.62. The highest BCUT2D eigenvalue weighted by molar-refractivity contribution is 5.57. The van der Waals surface area contributed by atoms with Crippen LogP contribution in [0.25, 0.3) is 11.4 Å². The van der Waals surface area contributed by atoms with Gasteiger partial charge in [-0.25, -0.2) is 9.89 Å². The standard InChI is InChI=1S/C26H33N7O2/c1-2-3-9-21-17-32(22-10-4-5-11-23(22)34)25(35)33(21)18-26(12-14-27-15-13-26)20-8-6-7-19(16-20)24-28-30-31-29-24/h6-8,12-17,22-23,27,34H,2-5,9-11,18H2,1H3,(H,28,29,30,31). The van der Waals surface area contributed by atoms with Crippen LogP contribution in [0.15, 0.2) is 59.8 Å². The summed E-state index contributed by atoms with van der Waals surface area (Å²) < 4.78 is 3.72. The van der Waals surface area contributed by atoms with E-state index in [2.05, 4.69) is 57.1 Å². The van der Waals surface area contributed by atoms with Gasteiger partial charge in [-0.05, 0) is 60.1 Å². The Morgan fingerprint density at radius 3 is 2.77 bits per heavy atom. The number of hydrogen-bond donors (Lipinski definition) is 3. The van der Waals surface area contributed by atoms with Crippen molar-refractivity contribution in [3.05, 3.63) is 76.8 Å². The molecule has 2 unspecified atom stereocenters. The predicted octanol–water partition coefficient (Wildman–Crippen LogP) is 3.22. The minimum absolute atomic E-state index is 0.0441. The number of aliphatic hydroxyl groups is 1. The lowest BCUT2D eigenvalue weighted by molar-refractivity contribution is 0.0735. The number of H-pyrrole nitrogens is 1. The summed E-state index contributed by atoms with van der Waals surface area (Å²) in [5.41, 5.74) is 2.37. The third-order valence-corrected chi connectivity index (χ3v) is 7.32. The van der Waals surface area contributed by atoms with E-state index in [1.54, 1.807) is 4.57 Å². The van der Waals surface area contributed by atoms with Crippen LogP contribution in [0.1, 0.15) is 62.7 Å². The molecule has 5 rings (SSSR count). The summed E-state index contributed by atoms with van der Waals surface area (Å²) in [5, 5.41) is 28.1. The number of rotatable bonds is 8. The van der Waals surface area contributed by atoms with Crippen LogP contribution in [-0.4, -0.2) is 41.0 Å². The van der Waals surface area contributed by atoms with Crippen LogP contribution < -0.4 is 11.0 Å². The van der Waals surface area contributed by atoms with Gasteiger partial charge in [0.2, 0.25) is 0 Å². The Kier molecular flexibility index (Phi) is 6.68. The van der Waals surface area contributed by atoms with Crippen molar-refractivity contribution in [1.82, 2.24) is 35.1 Å². The van der Waals surface area contributed by atoms with Gasteiger partial charge in [0.25, 0.3) is 0 Å². The molecular weight excluding hydrogens is 442 g/mol. The summed E-state index contributed by atoms with van der Waals surface area (Å²) in [4.78, 5) is 13.8. The summed E-state index contributed by atoms with van der Waals surface area (Å²) in [7, 11) is 0. The number of benzene rings is 1. The van der Waals surface area contributed by atoms with Crippen molar-refractivity contribution < 1.29 is 5.11 Å². The third-order valence-electron chi connectivity index (χ3n) is 7.32. The van der Waals surface area contributed by atoms with Crippen LogP contribution in [0.2, 0.25) is 0 Å². The van der Waals surface area contributed by atoms with Crippen LogP contribution in [0.5, 0.6) is 0 Å². The van der Waals surface area contributed by atoms with Crippen LogP contribution in [0.4, 0.5) is 0 Å². The molecule has 2 atom stereocenters. The van der Waals surface area contributed by atoms with Gasteiger partial charge in [0.1, 0.15) is 0 Å². The molecule has 1 aromatic carbocycles. The summed E-state index contributed by atoms with van der Waals surface area (Å²) >= 11 is 0. The second kappa shape index (κ2) is 10.0. The van der Waals surface area contributed by atoms with Crippen LogP contribution in [0.3, 0.4) is 0 Å². The Morgan fingerprint density at radius 2 is 2.03 bits per heavy atom. The minimum atomic E-state index is -0.531. The van der Waals surface area contributed by atoms with Gasteiger partial charge in [0.05, 0.1) is 17.6 Å². The highest BCUT2D eigenvalue weighted by Crippen LogP contribution is 2.34. The summed E-state index contributed by atoms with van der Waals surface area (Å²) in [6.45, 7) is 2.63. The average molecular weight is 476 g/mol. The SMILES string of the molecule is CCCCc1cn(C2CCCCC2O)c(=O)n1CC1(c2cccc(-c3nnn[nH]3)c2)C=CNC=C1. The normalized spacial score (nSPS) is 21.2. The van der Waals surface area contributed by atoms with E-state index in [1.807, 2.05) is 35.3 Å². The maximum atomic E-state index is 13.8. The number of allylic oxidation sites excluding steroid dienone is 2.